The van der Waals surface area contributed by atoms with Crippen molar-refractivity contribution in [1.29, 1.82) is 0 Å². The van der Waals surface area contributed by atoms with Crippen LogP contribution in [0.1, 0.15) is 18.5 Å². The highest BCUT2D eigenvalue weighted by Gasteiger charge is 2.12. The van der Waals surface area contributed by atoms with Gasteiger partial charge in [0.1, 0.15) is 0 Å². The maximum absolute atomic E-state index is 12.6. The van der Waals surface area contributed by atoms with Crippen molar-refractivity contribution in [2.24, 2.45) is 0 Å². The highest BCUT2D eigenvalue weighted by molar-refractivity contribution is 6.35. The number of rotatable bonds is 3. The second-order valence-corrected chi connectivity index (χ2v) is 5.41. The third kappa shape index (κ3) is 2.67. The van der Waals surface area contributed by atoms with Crippen molar-refractivity contribution >= 4 is 22.5 Å². The Bertz CT molecular complexity index is 830. The van der Waals surface area contributed by atoms with Crippen LogP contribution in [0, 0.1) is 0 Å². The fourth-order valence-corrected chi connectivity index (χ4v) is 2.66. The minimum atomic E-state index is -0.109. The summed E-state index contributed by atoms with van der Waals surface area (Å²) >= 11 is 6.14. The standard InChI is InChI=1S/C16H14ClN3O/c1-11(8-12-4-3-7-18-9-12)20-10-19-14-6-2-5-13(17)15(14)16(20)21/h2-7,9-11H,8H2,1H3/t11-/m0/s1. The summed E-state index contributed by atoms with van der Waals surface area (Å²) in [6.07, 6.45) is 5.84. The Kier molecular flexibility index (Phi) is 3.71. The molecule has 0 amide bonds. The number of fused-ring (bicyclic) bond motifs is 1. The van der Waals surface area contributed by atoms with E-state index in [1.54, 1.807) is 35.3 Å². The predicted octanol–water partition coefficient (Wildman–Crippen LogP) is 3.25. The molecule has 1 aromatic carbocycles. The largest absolute Gasteiger partial charge is 0.296 e. The van der Waals surface area contributed by atoms with Crippen LogP contribution in [0.5, 0.6) is 0 Å². The second kappa shape index (κ2) is 5.66. The molecule has 0 unspecified atom stereocenters. The smallest absolute Gasteiger partial charge is 0.262 e. The number of hydrogen-bond donors (Lipinski definition) is 0. The molecule has 1 atom stereocenters. The SMILES string of the molecule is C[C@@H](Cc1cccnc1)n1cnc2cccc(Cl)c2c1=O. The van der Waals surface area contributed by atoms with E-state index in [1.807, 2.05) is 25.3 Å². The highest BCUT2D eigenvalue weighted by atomic mass is 35.5. The lowest BCUT2D eigenvalue weighted by molar-refractivity contribution is 0.522. The zero-order chi connectivity index (χ0) is 14.8. The van der Waals surface area contributed by atoms with Crippen molar-refractivity contribution in [3.05, 3.63) is 70.0 Å². The fraction of sp³-hybridized carbons (Fsp3) is 0.188. The van der Waals surface area contributed by atoms with Crippen LogP contribution >= 0.6 is 11.6 Å². The Morgan fingerprint density at radius 1 is 1.29 bits per heavy atom. The van der Waals surface area contributed by atoms with E-state index in [9.17, 15) is 4.79 Å². The van der Waals surface area contributed by atoms with Gasteiger partial charge in [-0.3, -0.25) is 14.3 Å². The molecule has 106 valence electrons. The van der Waals surface area contributed by atoms with Crippen molar-refractivity contribution in [1.82, 2.24) is 14.5 Å². The first kappa shape index (κ1) is 13.8. The molecule has 0 saturated heterocycles. The van der Waals surface area contributed by atoms with Crippen LogP contribution in [-0.4, -0.2) is 14.5 Å². The summed E-state index contributed by atoms with van der Waals surface area (Å²) in [6, 6.07) is 9.16. The van der Waals surface area contributed by atoms with Gasteiger partial charge in [0.05, 0.1) is 22.3 Å². The molecule has 0 fully saturated rings. The molecule has 0 bridgehead atoms. The van der Waals surface area contributed by atoms with Crippen LogP contribution in [0.25, 0.3) is 10.9 Å². The van der Waals surface area contributed by atoms with Gasteiger partial charge >= 0.3 is 0 Å². The molecule has 0 saturated carbocycles. The van der Waals surface area contributed by atoms with Crippen LogP contribution < -0.4 is 5.56 Å². The minimum Gasteiger partial charge on any atom is -0.296 e. The summed E-state index contributed by atoms with van der Waals surface area (Å²) in [4.78, 5) is 21.0. The number of pyridine rings is 1. The van der Waals surface area contributed by atoms with Gasteiger partial charge in [-0.2, -0.15) is 0 Å². The van der Waals surface area contributed by atoms with Gasteiger partial charge in [0.25, 0.3) is 5.56 Å². The van der Waals surface area contributed by atoms with Gasteiger partial charge in [-0.05, 0) is 37.1 Å². The van der Waals surface area contributed by atoms with Crippen molar-refractivity contribution in [2.45, 2.75) is 19.4 Å². The maximum Gasteiger partial charge on any atom is 0.262 e. The Morgan fingerprint density at radius 3 is 2.90 bits per heavy atom. The molecule has 0 spiro atoms. The van der Waals surface area contributed by atoms with Crippen LogP contribution in [0.4, 0.5) is 0 Å². The molecule has 21 heavy (non-hydrogen) atoms. The van der Waals surface area contributed by atoms with Gasteiger partial charge in [-0.25, -0.2) is 4.98 Å². The Hall–Kier alpha value is -2.20. The van der Waals surface area contributed by atoms with E-state index in [0.717, 1.165) is 5.56 Å². The quantitative estimate of drug-likeness (QED) is 0.746. The zero-order valence-electron chi connectivity index (χ0n) is 11.5. The number of aromatic nitrogens is 3. The van der Waals surface area contributed by atoms with Crippen molar-refractivity contribution in [2.75, 3.05) is 0 Å². The molecule has 3 aromatic rings. The molecule has 2 heterocycles. The van der Waals surface area contributed by atoms with Crippen LogP contribution in [0.15, 0.2) is 53.8 Å². The molecule has 0 N–H and O–H groups in total. The van der Waals surface area contributed by atoms with Crippen molar-refractivity contribution in [3.63, 3.8) is 0 Å². The summed E-state index contributed by atoms with van der Waals surface area (Å²) in [5.41, 5.74) is 1.59. The first-order chi connectivity index (χ1) is 10.2. The monoisotopic (exact) mass is 299 g/mol. The van der Waals surface area contributed by atoms with Gasteiger partial charge in [0.2, 0.25) is 0 Å². The Labute approximate surface area is 127 Å². The molecule has 3 rings (SSSR count). The third-order valence-electron chi connectivity index (χ3n) is 3.49. The fourth-order valence-electron chi connectivity index (χ4n) is 2.41. The highest BCUT2D eigenvalue weighted by Crippen LogP contribution is 2.19. The summed E-state index contributed by atoms with van der Waals surface area (Å²) in [5.74, 6) is 0. The molecule has 2 aromatic heterocycles. The lowest BCUT2D eigenvalue weighted by atomic mass is 10.1. The minimum absolute atomic E-state index is 0.0186. The van der Waals surface area contributed by atoms with E-state index in [0.29, 0.717) is 22.3 Å². The van der Waals surface area contributed by atoms with E-state index in [2.05, 4.69) is 9.97 Å². The van der Waals surface area contributed by atoms with E-state index in [-0.39, 0.29) is 11.6 Å². The molecule has 5 heteroatoms. The number of hydrogen-bond acceptors (Lipinski definition) is 3. The first-order valence-corrected chi connectivity index (χ1v) is 7.09. The zero-order valence-corrected chi connectivity index (χ0v) is 12.3. The maximum atomic E-state index is 12.6. The molecule has 0 aliphatic heterocycles. The molecule has 0 radical (unpaired) electrons. The molecular weight excluding hydrogens is 286 g/mol. The number of halogens is 1. The molecule has 4 nitrogen and oxygen atoms in total. The van der Waals surface area contributed by atoms with Gasteiger partial charge in [-0.15, -0.1) is 0 Å². The summed E-state index contributed by atoms with van der Waals surface area (Å²) in [5, 5.41) is 0.910. The van der Waals surface area contributed by atoms with E-state index in [4.69, 9.17) is 11.6 Å². The third-order valence-corrected chi connectivity index (χ3v) is 3.80. The van der Waals surface area contributed by atoms with Crippen LogP contribution in [0.3, 0.4) is 0 Å². The number of benzene rings is 1. The Morgan fingerprint density at radius 2 is 2.14 bits per heavy atom. The first-order valence-electron chi connectivity index (χ1n) is 6.71. The van der Waals surface area contributed by atoms with Crippen LogP contribution in [-0.2, 0) is 6.42 Å². The second-order valence-electron chi connectivity index (χ2n) is 5.01. The van der Waals surface area contributed by atoms with Crippen LogP contribution in [0.2, 0.25) is 5.02 Å². The topological polar surface area (TPSA) is 47.8 Å². The summed E-state index contributed by atoms with van der Waals surface area (Å²) < 4.78 is 1.63. The average Bonchev–Trinajstić information content (AvgIpc) is 2.48. The van der Waals surface area contributed by atoms with Crippen molar-refractivity contribution < 1.29 is 0 Å². The molecular formula is C16H14ClN3O. The van der Waals surface area contributed by atoms with Gasteiger partial charge < -0.3 is 0 Å². The van der Waals surface area contributed by atoms with E-state index in [1.165, 1.54) is 0 Å². The lowest BCUT2D eigenvalue weighted by Crippen LogP contribution is -2.25. The Balaban J connectivity index is 2.03. The predicted molar refractivity (Wildman–Crippen MR) is 83.7 cm³/mol. The van der Waals surface area contributed by atoms with Crippen molar-refractivity contribution in [3.8, 4) is 0 Å². The van der Waals surface area contributed by atoms with Gasteiger partial charge in [0, 0.05) is 18.4 Å². The lowest BCUT2D eigenvalue weighted by Gasteiger charge is -2.15. The van der Waals surface area contributed by atoms with E-state index >= 15 is 0 Å². The number of nitrogens with zero attached hydrogens (tertiary/aromatic N) is 3. The van der Waals surface area contributed by atoms with E-state index < -0.39 is 0 Å². The van der Waals surface area contributed by atoms with Gasteiger partial charge in [-0.1, -0.05) is 23.7 Å². The summed E-state index contributed by atoms with van der Waals surface area (Å²) in [6.45, 7) is 1.98. The summed E-state index contributed by atoms with van der Waals surface area (Å²) in [7, 11) is 0. The van der Waals surface area contributed by atoms with Gasteiger partial charge in [0.15, 0.2) is 0 Å². The molecule has 0 aliphatic carbocycles. The normalized spacial score (nSPS) is 12.5. The average molecular weight is 300 g/mol. The molecule has 0 aliphatic rings.